The molecular formula is C4H11NaO4S2. The van der Waals surface area contributed by atoms with Crippen molar-refractivity contribution in [3.63, 3.8) is 0 Å². The number of thiol groups is 1. The summed E-state index contributed by atoms with van der Waals surface area (Å²) in [6, 6.07) is 0. The third-order valence-electron chi connectivity index (χ3n) is 0.498. The van der Waals surface area contributed by atoms with Gasteiger partial charge in [0.1, 0.15) is 5.78 Å². The second-order valence-electron chi connectivity index (χ2n) is 1.50. The molecule has 0 bridgehead atoms. The Morgan fingerprint density at radius 2 is 1.64 bits per heavy atom. The van der Waals surface area contributed by atoms with Crippen molar-refractivity contribution in [3.05, 3.63) is 0 Å². The van der Waals surface area contributed by atoms with Gasteiger partial charge in [-0.05, 0) is 18.6 Å². The first-order valence-corrected chi connectivity index (χ1v) is 4.96. The van der Waals surface area contributed by atoms with Crippen molar-refractivity contribution < 1.29 is 17.8 Å². The van der Waals surface area contributed by atoms with Crippen LogP contribution in [-0.4, -0.2) is 48.3 Å². The van der Waals surface area contributed by atoms with Gasteiger partial charge in [0.15, 0.2) is 0 Å². The molecule has 0 fully saturated rings. The zero-order valence-corrected chi connectivity index (χ0v) is 7.45. The van der Waals surface area contributed by atoms with Crippen molar-refractivity contribution >= 4 is 56.2 Å². The quantitative estimate of drug-likeness (QED) is 0.278. The minimum atomic E-state index is -3.97. The van der Waals surface area contributed by atoms with E-state index < -0.39 is 9.15 Å². The fourth-order valence-electron chi connectivity index (χ4n) is 0. The molecule has 0 saturated heterocycles. The maximum absolute atomic E-state index is 9.81. The molecule has 7 heteroatoms. The number of ketones is 1. The third-order valence-corrected chi connectivity index (χ3v) is 0.498. The van der Waals surface area contributed by atoms with E-state index in [2.05, 4.69) is 11.7 Å². The molecule has 0 aliphatic carbocycles. The van der Waals surface area contributed by atoms with Crippen molar-refractivity contribution in [3.8, 4) is 0 Å². The summed E-state index contributed by atoms with van der Waals surface area (Å²) >= 11 is 2.65. The van der Waals surface area contributed by atoms with Crippen LogP contribution in [0, 0.1) is 0 Å². The second-order valence-corrected chi connectivity index (χ2v) is 3.78. The molecule has 0 spiro atoms. The van der Waals surface area contributed by atoms with E-state index in [1.165, 1.54) is 0 Å². The summed E-state index contributed by atoms with van der Waals surface area (Å²) in [4.78, 5) is 9.81. The van der Waals surface area contributed by atoms with Crippen LogP contribution in [0.15, 0.2) is 0 Å². The number of Topliss-reactive ketones (excluding diaryl/α,β-unsaturated/α-hetero) is 1. The first kappa shape index (κ1) is 17.9. The molecule has 0 amide bonds. The van der Waals surface area contributed by atoms with E-state index in [0.29, 0.717) is 6.42 Å². The summed E-state index contributed by atoms with van der Waals surface area (Å²) in [5.41, 5.74) is 0. The summed E-state index contributed by atoms with van der Waals surface area (Å²) < 4.78 is 25.5. The van der Waals surface area contributed by atoms with Crippen LogP contribution in [0.5, 0.6) is 0 Å². The molecule has 0 heterocycles. The van der Waals surface area contributed by atoms with Gasteiger partial charge in [-0.25, -0.2) is 0 Å². The summed E-state index contributed by atoms with van der Waals surface area (Å²) in [5.74, 6) is 0.255. The van der Waals surface area contributed by atoms with Crippen LogP contribution in [0.2, 0.25) is 0 Å². The molecule has 0 aromatic heterocycles. The first-order valence-electron chi connectivity index (χ1n) is 2.46. The van der Waals surface area contributed by atoms with Gasteiger partial charge >= 0.3 is 38.7 Å². The summed E-state index contributed by atoms with van der Waals surface area (Å²) in [6.07, 6.45) is 0.667. The third kappa shape index (κ3) is 102. The van der Waals surface area contributed by atoms with Gasteiger partial charge in [0.2, 0.25) is 0 Å². The molecule has 64 valence electrons. The van der Waals surface area contributed by atoms with Crippen LogP contribution in [0.25, 0.3) is 0 Å². The SMILES string of the molecule is CCC(C)=O.O=S(=O)(O)S.[NaH]. The van der Waals surface area contributed by atoms with E-state index >= 15 is 0 Å². The van der Waals surface area contributed by atoms with E-state index in [1.807, 2.05) is 6.92 Å². The molecule has 0 aliphatic rings. The van der Waals surface area contributed by atoms with E-state index in [1.54, 1.807) is 6.92 Å². The Hall–Kier alpha value is 0.930. The Labute approximate surface area is 93.6 Å². The van der Waals surface area contributed by atoms with Crippen molar-refractivity contribution in [2.24, 2.45) is 0 Å². The molecule has 0 aromatic rings. The average molecular weight is 210 g/mol. The zero-order valence-electron chi connectivity index (χ0n) is 5.73. The number of rotatable bonds is 1. The van der Waals surface area contributed by atoms with Crippen LogP contribution in [0.1, 0.15) is 20.3 Å². The topological polar surface area (TPSA) is 71.4 Å². The Kier molecular flexibility index (Phi) is 14.7. The van der Waals surface area contributed by atoms with Crippen LogP contribution < -0.4 is 0 Å². The zero-order chi connectivity index (χ0) is 8.78. The van der Waals surface area contributed by atoms with Crippen molar-refractivity contribution in [1.82, 2.24) is 0 Å². The molecule has 0 aromatic carbocycles. The molecular weight excluding hydrogens is 199 g/mol. The Balaban J connectivity index is -0.000000107. The van der Waals surface area contributed by atoms with Crippen molar-refractivity contribution in [2.75, 3.05) is 0 Å². The van der Waals surface area contributed by atoms with Gasteiger partial charge < -0.3 is 4.79 Å². The summed E-state index contributed by atoms with van der Waals surface area (Å²) in [7, 11) is -3.97. The molecule has 11 heavy (non-hydrogen) atoms. The Morgan fingerprint density at radius 3 is 1.64 bits per heavy atom. The summed E-state index contributed by atoms with van der Waals surface area (Å²) in [6.45, 7) is 3.43. The van der Waals surface area contributed by atoms with Gasteiger partial charge in [-0.2, -0.15) is 8.42 Å². The van der Waals surface area contributed by atoms with Crippen molar-refractivity contribution in [1.29, 1.82) is 0 Å². The molecule has 0 radical (unpaired) electrons. The van der Waals surface area contributed by atoms with Gasteiger partial charge in [-0.1, -0.05) is 6.92 Å². The first-order chi connectivity index (χ1) is 4.27. The molecule has 0 saturated carbocycles. The van der Waals surface area contributed by atoms with Gasteiger partial charge in [0, 0.05) is 6.42 Å². The van der Waals surface area contributed by atoms with E-state index in [0.717, 1.165) is 0 Å². The number of hydrogen-bond donors (Lipinski definition) is 2. The molecule has 0 aliphatic heterocycles. The van der Waals surface area contributed by atoms with Crippen LogP contribution in [0.3, 0.4) is 0 Å². The molecule has 0 atom stereocenters. The Bertz CT molecular complexity index is 178. The fraction of sp³-hybridized carbons (Fsp3) is 0.750. The van der Waals surface area contributed by atoms with Crippen LogP contribution >= 0.6 is 11.7 Å². The average Bonchev–Trinajstić information content (AvgIpc) is 1.61. The fourth-order valence-corrected chi connectivity index (χ4v) is 0. The Morgan fingerprint density at radius 1 is 1.55 bits per heavy atom. The van der Waals surface area contributed by atoms with Gasteiger partial charge in [-0.15, -0.1) is 0 Å². The predicted octanol–water partition coefficient (Wildman–Crippen LogP) is 0.0559. The number of carbonyl (C=O) groups is 1. The molecule has 0 rings (SSSR count). The van der Waals surface area contributed by atoms with Gasteiger partial charge in [0.25, 0.3) is 0 Å². The van der Waals surface area contributed by atoms with Crippen LogP contribution in [-0.2, 0) is 13.9 Å². The molecule has 1 N–H and O–H groups in total. The predicted molar refractivity (Wildman–Crippen MR) is 48.7 cm³/mol. The number of hydrogen-bond acceptors (Lipinski definition) is 3. The van der Waals surface area contributed by atoms with E-state index in [4.69, 9.17) is 13.0 Å². The second kappa shape index (κ2) is 9.02. The molecule has 0 unspecified atom stereocenters. The minimum absolute atomic E-state index is 0. The van der Waals surface area contributed by atoms with Crippen LogP contribution in [0.4, 0.5) is 0 Å². The summed E-state index contributed by atoms with van der Waals surface area (Å²) in [5, 5.41) is 0. The van der Waals surface area contributed by atoms with Gasteiger partial charge in [0.05, 0.1) is 0 Å². The van der Waals surface area contributed by atoms with Gasteiger partial charge in [-0.3, -0.25) is 4.55 Å². The van der Waals surface area contributed by atoms with E-state index in [-0.39, 0.29) is 35.3 Å². The number of carbonyl (C=O) groups excluding carboxylic acids is 1. The molecule has 4 nitrogen and oxygen atoms in total. The van der Waals surface area contributed by atoms with Crippen molar-refractivity contribution in [2.45, 2.75) is 20.3 Å². The monoisotopic (exact) mass is 210 g/mol. The normalized spacial score (nSPS) is 8.73. The standard InChI is InChI=1S/C4H8O.Na.H2O3S2.H/c1-3-4(2)5;;1-5(2,3)4;/h3H2,1-2H3;;(H2,1,2,3,4);. The van der Waals surface area contributed by atoms with E-state index in [9.17, 15) is 4.79 Å². The maximum atomic E-state index is 9.81.